The predicted octanol–water partition coefficient (Wildman–Crippen LogP) is 1.69. The van der Waals surface area contributed by atoms with Crippen LogP contribution in [-0.4, -0.2) is 13.1 Å². The summed E-state index contributed by atoms with van der Waals surface area (Å²) >= 11 is 2.98. The summed E-state index contributed by atoms with van der Waals surface area (Å²) in [4.78, 5) is 12.2. The van der Waals surface area contributed by atoms with Crippen LogP contribution in [0.25, 0.3) is 0 Å². The van der Waals surface area contributed by atoms with E-state index in [-0.39, 0.29) is 0 Å². The Bertz CT molecular complexity index is 134. The van der Waals surface area contributed by atoms with Gasteiger partial charge in [-0.05, 0) is 17.7 Å². The van der Waals surface area contributed by atoms with Crippen molar-refractivity contribution in [3.63, 3.8) is 0 Å². The molecule has 0 aliphatic heterocycles. The second kappa shape index (κ2) is 8.51. The molecule has 2 nitrogen and oxygen atoms in total. The highest BCUT2D eigenvalue weighted by Crippen LogP contribution is 1.93. The molecule has 3 heteroatoms. The molecule has 0 aromatic carbocycles. The average Bonchev–Trinajstić information content (AvgIpc) is 1.97. The molecule has 0 atom stereocenters. The van der Waals surface area contributed by atoms with Gasteiger partial charge in [0.15, 0.2) is 0 Å². The fourth-order valence-corrected chi connectivity index (χ4v) is 0.692. The van der Waals surface area contributed by atoms with Gasteiger partial charge in [0.05, 0.1) is 6.61 Å². The Balaban J connectivity index is 2.88. The Hall–Kier alpha value is -0.490. The maximum absolute atomic E-state index is 9.64. The molecule has 0 aromatic heterocycles. The summed E-state index contributed by atoms with van der Waals surface area (Å²) in [5.74, 6) is 2.85. The second-order valence-corrected chi connectivity index (χ2v) is 2.09. The molecule has 0 bridgehead atoms. The van der Waals surface area contributed by atoms with Crippen LogP contribution in [0.5, 0.6) is 0 Å². The molecule has 0 aliphatic rings. The van der Waals surface area contributed by atoms with Gasteiger partial charge in [-0.3, -0.25) is 4.79 Å². The van der Waals surface area contributed by atoms with E-state index in [1.54, 1.807) is 0 Å². The third-order valence-electron chi connectivity index (χ3n) is 0.949. The summed E-state index contributed by atoms with van der Waals surface area (Å²) in [6.07, 6.45) is 2.72. The highest BCUT2D eigenvalue weighted by atomic mass is 79.9. The van der Waals surface area contributed by atoms with E-state index in [0.717, 1.165) is 19.3 Å². The summed E-state index contributed by atoms with van der Waals surface area (Å²) in [5.41, 5.74) is 0. The molecule has 0 unspecified atom stereocenters. The van der Waals surface area contributed by atoms with Crippen LogP contribution in [0.1, 0.15) is 19.3 Å². The van der Waals surface area contributed by atoms with E-state index >= 15 is 0 Å². The molecular weight excluding hydrogens is 196 g/mol. The minimum atomic E-state index is 0.468. The standard InChI is InChI=1S/C7H9BrO2/c8-5-3-1-2-4-6-10-7-9/h7H,1-2,4,6H2. The van der Waals surface area contributed by atoms with Crippen molar-refractivity contribution in [3.05, 3.63) is 0 Å². The summed E-state index contributed by atoms with van der Waals surface area (Å²) in [6, 6.07) is 0. The lowest BCUT2D eigenvalue weighted by atomic mass is 10.2. The zero-order valence-electron chi connectivity index (χ0n) is 5.60. The number of carbonyl (C=O) groups excluding carboxylic acids is 1. The smallest absolute Gasteiger partial charge is 0.293 e. The first-order chi connectivity index (χ1) is 4.91. The zero-order chi connectivity index (χ0) is 7.66. The molecular formula is C7H9BrO2. The monoisotopic (exact) mass is 204 g/mol. The van der Waals surface area contributed by atoms with Crippen LogP contribution in [-0.2, 0) is 9.53 Å². The van der Waals surface area contributed by atoms with Gasteiger partial charge in [-0.2, -0.15) is 0 Å². The molecule has 0 spiro atoms. The molecule has 0 rings (SSSR count). The second-order valence-electron chi connectivity index (χ2n) is 1.70. The number of rotatable bonds is 5. The first-order valence-electron chi connectivity index (χ1n) is 3.05. The Kier molecular flexibility index (Phi) is 8.09. The number of ether oxygens (including phenoxy) is 1. The Morgan fingerprint density at radius 3 is 2.90 bits per heavy atom. The van der Waals surface area contributed by atoms with Crippen LogP contribution in [0.15, 0.2) is 0 Å². The Morgan fingerprint density at radius 1 is 1.50 bits per heavy atom. The van der Waals surface area contributed by atoms with Gasteiger partial charge in [-0.25, -0.2) is 0 Å². The van der Waals surface area contributed by atoms with E-state index in [1.165, 1.54) is 0 Å². The van der Waals surface area contributed by atoms with E-state index in [1.807, 2.05) is 0 Å². The van der Waals surface area contributed by atoms with Crippen LogP contribution < -0.4 is 0 Å². The van der Waals surface area contributed by atoms with Crippen LogP contribution in [0.2, 0.25) is 0 Å². The highest BCUT2D eigenvalue weighted by Gasteiger charge is 1.84. The van der Waals surface area contributed by atoms with Crippen molar-refractivity contribution < 1.29 is 9.53 Å². The van der Waals surface area contributed by atoms with Gasteiger partial charge in [0, 0.05) is 22.4 Å². The van der Waals surface area contributed by atoms with Gasteiger partial charge in [-0.15, -0.1) is 0 Å². The summed E-state index contributed by atoms with van der Waals surface area (Å²) in [5, 5.41) is 0. The lowest BCUT2D eigenvalue weighted by Crippen LogP contribution is -1.90. The van der Waals surface area contributed by atoms with Gasteiger partial charge < -0.3 is 4.74 Å². The summed E-state index contributed by atoms with van der Waals surface area (Å²) < 4.78 is 4.47. The van der Waals surface area contributed by atoms with Gasteiger partial charge in [0.2, 0.25) is 0 Å². The first-order valence-corrected chi connectivity index (χ1v) is 3.85. The topological polar surface area (TPSA) is 26.3 Å². The van der Waals surface area contributed by atoms with Crippen molar-refractivity contribution in [3.8, 4) is 10.8 Å². The summed E-state index contributed by atoms with van der Waals surface area (Å²) in [7, 11) is 0. The van der Waals surface area contributed by atoms with Crippen molar-refractivity contribution in [1.82, 2.24) is 0 Å². The van der Waals surface area contributed by atoms with Crippen molar-refractivity contribution in [2.45, 2.75) is 19.3 Å². The van der Waals surface area contributed by atoms with E-state index in [9.17, 15) is 4.79 Å². The SMILES string of the molecule is O=COCCCCC#CBr. The maximum Gasteiger partial charge on any atom is 0.293 e. The van der Waals surface area contributed by atoms with Crippen molar-refractivity contribution in [2.75, 3.05) is 6.61 Å². The lowest BCUT2D eigenvalue weighted by molar-refractivity contribution is -0.128. The zero-order valence-corrected chi connectivity index (χ0v) is 7.19. The van der Waals surface area contributed by atoms with Crippen molar-refractivity contribution >= 4 is 22.4 Å². The van der Waals surface area contributed by atoms with Crippen molar-refractivity contribution in [2.24, 2.45) is 0 Å². The minimum absolute atomic E-state index is 0.468. The quantitative estimate of drug-likeness (QED) is 0.387. The molecule has 0 aromatic rings. The van der Waals surface area contributed by atoms with E-state index in [0.29, 0.717) is 13.1 Å². The van der Waals surface area contributed by atoms with Crippen LogP contribution >= 0.6 is 15.9 Å². The fraction of sp³-hybridized carbons (Fsp3) is 0.571. The molecule has 0 aliphatic carbocycles. The van der Waals surface area contributed by atoms with Gasteiger partial charge in [0.1, 0.15) is 0 Å². The third kappa shape index (κ3) is 7.51. The van der Waals surface area contributed by atoms with Gasteiger partial charge in [0.25, 0.3) is 6.47 Å². The Labute approximate surface area is 69.1 Å². The molecule has 56 valence electrons. The van der Waals surface area contributed by atoms with E-state index < -0.39 is 0 Å². The number of hydrogen-bond acceptors (Lipinski definition) is 2. The van der Waals surface area contributed by atoms with Crippen LogP contribution in [0.4, 0.5) is 0 Å². The molecule has 0 N–H and O–H groups in total. The highest BCUT2D eigenvalue weighted by molar-refractivity contribution is 9.12. The Morgan fingerprint density at radius 2 is 2.30 bits per heavy atom. The largest absolute Gasteiger partial charge is 0.468 e. The lowest BCUT2D eigenvalue weighted by Gasteiger charge is -1.93. The summed E-state index contributed by atoms with van der Waals surface area (Å²) in [6.45, 7) is 0.976. The number of hydrogen-bond donors (Lipinski definition) is 0. The molecule has 0 fully saturated rings. The molecule has 0 amide bonds. The number of carbonyl (C=O) groups is 1. The fourth-order valence-electron chi connectivity index (χ4n) is 0.494. The van der Waals surface area contributed by atoms with E-state index in [2.05, 4.69) is 31.4 Å². The van der Waals surface area contributed by atoms with E-state index in [4.69, 9.17) is 0 Å². The number of halogens is 1. The third-order valence-corrected chi connectivity index (χ3v) is 1.23. The van der Waals surface area contributed by atoms with Crippen molar-refractivity contribution in [1.29, 1.82) is 0 Å². The minimum Gasteiger partial charge on any atom is -0.468 e. The number of unbranched alkanes of at least 4 members (excludes halogenated alkanes) is 2. The molecule has 0 heterocycles. The van der Waals surface area contributed by atoms with Gasteiger partial charge >= 0.3 is 0 Å². The maximum atomic E-state index is 9.64. The van der Waals surface area contributed by atoms with Crippen LogP contribution in [0, 0.1) is 10.8 Å². The van der Waals surface area contributed by atoms with Gasteiger partial charge in [-0.1, -0.05) is 5.92 Å². The molecule has 0 saturated carbocycles. The molecule has 0 radical (unpaired) electrons. The molecule has 0 saturated heterocycles. The average molecular weight is 205 g/mol. The first kappa shape index (κ1) is 9.51. The molecule has 10 heavy (non-hydrogen) atoms. The normalized spacial score (nSPS) is 7.70. The predicted molar refractivity (Wildman–Crippen MR) is 42.6 cm³/mol. The van der Waals surface area contributed by atoms with Crippen LogP contribution in [0.3, 0.4) is 0 Å².